The lowest BCUT2D eigenvalue weighted by Crippen LogP contribution is -2.21. The fraction of sp³-hybridized carbons (Fsp3) is 0.538. The Kier molecular flexibility index (Phi) is 3.87. The molecule has 0 aliphatic carbocycles. The van der Waals surface area contributed by atoms with E-state index in [0.717, 1.165) is 5.56 Å². The second-order valence-corrected chi connectivity index (χ2v) is 5.30. The van der Waals surface area contributed by atoms with Gasteiger partial charge in [0.15, 0.2) is 0 Å². The van der Waals surface area contributed by atoms with Gasteiger partial charge in [0.1, 0.15) is 0 Å². The van der Waals surface area contributed by atoms with Crippen molar-refractivity contribution in [2.24, 2.45) is 5.73 Å². The maximum Gasteiger partial charge on any atom is 0.390 e. The Morgan fingerprint density at radius 1 is 1.18 bits per heavy atom. The first-order valence-electron chi connectivity index (χ1n) is 5.52. The summed E-state index contributed by atoms with van der Waals surface area (Å²) in [5, 5.41) is 0. The molecule has 1 atom stereocenters. The molecule has 0 spiro atoms. The van der Waals surface area contributed by atoms with Gasteiger partial charge in [-0.3, -0.25) is 0 Å². The highest BCUT2D eigenvalue weighted by Gasteiger charge is 2.31. The first-order valence-corrected chi connectivity index (χ1v) is 5.52. The van der Waals surface area contributed by atoms with Crippen LogP contribution in [0.4, 0.5) is 13.2 Å². The molecule has 0 heterocycles. The highest BCUT2D eigenvalue weighted by atomic mass is 19.4. The normalized spacial score (nSPS) is 14.8. The van der Waals surface area contributed by atoms with Crippen LogP contribution in [0.3, 0.4) is 0 Å². The van der Waals surface area contributed by atoms with Gasteiger partial charge in [0.2, 0.25) is 0 Å². The van der Waals surface area contributed by atoms with Crippen LogP contribution in [0.5, 0.6) is 0 Å². The number of alkyl halides is 3. The summed E-state index contributed by atoms with van der Waals surface area (Å²) in [5.41, 5.74) is 7.01. The molecule has 1 aromatic rings. The molecule has 0 fully saturated rings. The Balaban J connectivity index is 2.92. The van der Waals surface area contributed by atoms with Gasteiger partial charge in [-0.25, -0.2) is 0 Å². The molecule has 2 N–H and O–H groups in total. The molecular weight excluding hydrogens is 227 g/mol. The lowest BCUT2D eigenvalue weighted by molar-refractivity contribution is -0.138. The largest absolute Gasteiger partial charge is 0.390 e. The van der Waals surface area contributed by atoms with Gasteiger partial charge in [0.25, 0.3) is 0 Å². The van der Waals surface area contributed by atoms with Crippen molar-refractivity contribution >= 4 is 0 Å². The van der Waals surface area contributed by atoms with E-state index in [2.05, 4.69) is 0 Å². The monoisotopic (exact) mass is 245 g/mol. The third kappa shape index (κ3) is 4.38. The molecule has 0 saturated carbocycles. The lowest BCUT2D eigenvalue weighted by atomic mass is 9.85. The first kappa shape index (κ1) is 14.0. The highest BCUT2D eigenvalue weighted by Crippen LogP contribution is 2.30. The molecule has 1 unspecified atom stereocenters. The Labute approximate surface area is 99.8 Å². The van der Waals surface area contributed by atoms with E-state index in [1.807, 2.05) is 26.8 Å². The van der Waals surface area contributed by atoms with Crippen molar-refractivity contribution < 1.29 is 13.2 Å². The fourth-order valence-corrected chi connectivity index (χ4v) is 1.60. The zero-order valence-electron chi connectivity index (χ0n) is 10.3. The smallest absolute Gasteiger partial charge is 0.324 e. The summed E-state index contributed by atoms with van der Waals surface area (Å²) < 4.78 is 36.7. The van der Waals surface area contributed by atoms with Crippen molar-refractivity contribution in [3.8, 4) is 0 Å². The van der Waals surface area contributed by atoms with Crippen LogP contribution in [0.2, 0.25) is 0 Å². The minimum absolute atomic E-state index is 0.0893. The van der Waals surface area contributed by atoms with Crippen LogP contribution in [0.1, 0.15) is 44.4 Å². The molecular formula is C13H18F3N. The zero-order valence-corrected chi connectivity index (χ0v) is 10.3. The van der Waals surface area contributed by atoms with Gasteiger partial charge >= 0.3 is 6.18 Å². The van der Waals surface area contributed by atoms with Crippen LogP contribution in [0, 0.1) is 0 Å². The number of hydrogen-bond acceptors (Lipinski definition) is 1. The minimum atomic E-state index is -4.23. The van der Waals surface area contributed by atoms with Crippen LogP contribution in [-0.2, 0) is 5.41 Å². The van der Waals surface area contributed by atoms with E-state index < -0.39 is 18.6 Å². The average Bonchev–Trinajstić information content (AvgIpc) is 2.14. The maximum absolute atomic E-state index is 12.2. The Bertz CT molecular complexity index is 377. The summed E-state index contributed by atoms with van der Waals surface area (Å²) in [6.07, 6.45) is -5.21. The summed E-state index contributed by atoms with van der Waals surface area (Å²) in [5.74, 6) is 0. The van der Waals surface area contributed by atoms with Gasteiger partial charge in [-0.15, -0.1) is 0 Å². The van der Waals surface area contributed by atoms with E-state index in [0.29, 0.717) is 5.56 Å². The topological polar surface area (TPSA) is 26.0 Å². The number of benzene rings is 1. The predicted octanol–water partition coefficient (Wildman–Crippen LogP) is 3.94. The molecule has 0 saturated heterocycles. The summed E-state index contributed by atoms with van der Waals surface area (Å²) >= 11 is 0. The minimum Gasteiger partial charge on any atom is -0.324 e. The summed E-state index contributed by atoms with van der Waals surface area (Å²) in [6, 6.07) is 6.08. The zero-order chi connectivity index (χ0) is 13.3. The molecule has 0 bridgehead atoms. The molecule has 1 rings (SSSR count). The van der Waals surface area contributed by atoms with Crippen LogP contribution in [-0.4, -0.2) is 6.18 Å². The molecule has 4 heteroatoms. The number of halogens is 3. The summed E-state index contributed by atoms with van der Waals surface area (Å²) in [6.45, 7) is 6.05. The van der Waals surface area contributed by atoms with Crippen molar-refractivity contribution in [2.75, 3.05) is 0 Å². The summed E-state index contributed by atoms with van der Waals surface area (Å²) in [4.78, 5) is 0. The van der Waals surface area contributed by atoms with E-state index in [9.17, 15) is 13.2 Å². The maximum atomic E-state index is 12.2. The van der Waals surface area contributed by atoms with E-state index in [1.165, 1.54) is 0 Å². The van der Waals surface area contributed by atoms with Crippen molar-refractivity contribution in [3.05, 3.63) is 35.4 Å². The third-order valence-electron chi connectivity index (χ3n) is 2.63. The standard InChI is InChI=1S/C13H18F3N/c1-12(2,3)10-6-4-5-9(7-10)11(17)8-13(14,15)16/h4-7,11H,8,17H2,1-3H3. The summed E-state index contributed by atoms with van der Waals surface area (Å²) in [7, 11) is 0. The van der Waals surface area contributed by atoms with E-state index in [4.69, 9.17) is 5.73 Å². The molecule has 0 aliphatic rings. The van der Waals surface area contributed by atoms with Gasteiger partial charge in [-0.1, -0.05) is 45.0 Å². The van der Waals surface area contributed by atoms with E-state index >= 15 is 0 Å². The SMILES string of the molecule is CC(C)(C)c1cccc(C(N)CC(F)(F)F)c1. The lowest BCUT2D eigenvalue weighted by Gasteiger charge is -2.21. The molecule has 0 radical (unpaired) electrons. The molecule has 0 aromatic heterocycles. The second kappa shape index (κ2) is 4.69. The van der Waals surface area contributed by atoms with Gasteiger partial charge < -0.3 is 5.73 Å². The Morgan fingerprint density at radius 3 is 2.24 bits per heavy atom. The quantitative estimate of drug-likeness (QED) is 0.839. The average molecular weight is 245 g/mol. The van der Waals surface area contributed by atoms with Crippen molar-refractivity contribution in [1.82, 2.24) is 0 Å². The number of nitrogens with two attached hydrogens (primary N) is 1. The van der Waals surface area contributed by atoms with Crippen LogP contribution >= 0.6 is 0 Å². The van der Waals surface area contributed by atoms with Gasteiger partial charge in [-0.05, 0) is 16.5 Å². The predicted molar refractivity (Wildman–Crippen MR) is 62.7 cm³/mol. The molecule has 1 aromatic carbocycles. The van der Waals surface area contributed by atoms with E-state index in [-0.39, 0.29) is 5.41 Å². The highest BCUT2D eigenvalue weighted by molar-refractivity contribution is 5.30. The van der Waals surface area contributed by atoms with Crippen LogP contribution in [0.15, 0.2) is 24.3 Å². The first-order chi connectivity index (χ1) is 7.59. The van der Waals surface area contributed by atoms with Crippen LogP contribution in [0.25, 0.3) is 0 Å². The van der Waals surface area contributed by atoms with Crippen molar-refractivity contribution in [2.45, 2.75) is 44.8 Å². The van der Waals surface area contributed by atoms with Gasteiger partial charge in [-0.2, -0.15) is 13.2 Å². The Morgan fingerprint density at radius 2 is 1.76 bits per heavy atom. The Hall–Kier alpha value is -1.03. The molecule has 1 nitrogen and oxygen atoms in total. The number of rotatable bonds is 2. The van der Waals surface area contributed by atoms with Crippen LogP contribution < -0.4 is 5.73 Å². The third-order valence-corrected chi connectivity index (χ3v) is 2.63. The fourth-order valence-electron chi connectivity index (χ4n) is 1.60. The number of hydrogen-bond donors (Lipinski definition) is 1. The van der Waals surface area contributed by atoms with Gasteiger partial charge in [0.05, 0.1) is 6.42 Å². The molecule has 17 heavy (non-hydrogen) atoms. The van der Waals surface area contributed by atoms with Crippen molar-refractivity contribution in [3.63, 3.8) is 0 Å². The molecule has 0 amide bonds. The van der Waals surface area contributed by atoms with E-state index in [1.54, 1.807) is 18.2 Å². The second-order valence-electron chi connectivity index (χ2n) is 5.30. The molecule has 96 valence electrons. The van der Waals surface area contributed by atoms with Crippen molar-refractivity contribution in [1.29, 1.82) is 0 Å². The molecule has 0 aliphatic heterocycles. The van der Waals surface area contributed by atoms with Gasteiger partial charge in [0, 0.05) is 6.04 Å².